The Balaban J connectivity index is 1.35. The van der Waals surface area contributed by atoms with Crippen LogP contribution in [-0.2, 0) is 37.0 Å². The lowest BCUT2D eigenvalue weighted by molar-refractivity contribution is -0.115. The summed E-state index contributed by atoms with van der Waals surface area (Å²) in [4.78, 5) is 12.6. The van der Waals surface area contributed by atoms with Crippen LogP contribution in [0, 0.1) is 5.82 Å². The third-order valence-corrected chi connectivity index (χ3v) is 6.13. The zero-order valence-electron chi connectivity index (χ0n) is 17.0. The Morgan fingerprint density at radius 1 is 0.967 bits per heavy atom. The highest BCUT2D eigenvalue weighted by atomic mass is 19.1. The topological polar surface area (TPSA) is 59.8 Å². The van der Waals surface area contributed by atoms with Crippen molar-refractivity contribution in [1.82, 2.24) is 14.8 Å². The molecule has 1 aliphatic carbocycles. The van der Waals surface area contributed by atoms with E-state index in [1.165, 1.54) is 23.6 Å². The highest BCUT2D eigenvalue weighted by molar-refractivity contribution is 5.92. The number of benzene rings is 2. The summed E-state index contributed by atoms with van der Waals surface area (Å²) < 4.78 is 16.6. The first-order chi connectivity index (χ1) is 14.7. The van der Waals surface area contributed by atoms with Crippen LogP contribution in [0.15, 0.2) is 36.4 Å². The van der Waals surface area contributed by atoms with Crippen LogP contribution in [0.3, 0.4) is 0 Å². The van der Waals surface area contributed by atoms with Gasteiger partial charge in [-0.1, -0.05) is 24.6 Å². The maximum atomic E-state index is 14.6. The molecule has 1 aliphatic heterocycles. The molecule has 2 heterocycles. The van der Waals surface area contributed by atoms with E-state index >= 15 is 0 Å². The van der Waals surface area contributed by atoms with Gasteiger partial charge in [-0.15, -0.1) is 10.2 Å². The van der Waals surface area contributed by atoms with Crippen molar-refractivity contribution >= 4 is 11.6 Å². The van der Waals surface area contributed by atoms with Crippen LogP contribution in [0.4, 0.5) is 10.1 Å². The first kappa shape index (κ1) is 19.0. The Morgan fingerprint density at radius 2 is 1.87 bits per heavy atom. The number of aromatic nitrogens is 3. The van der Waals surface area contributed by atoms with Gasteiger partial charge < -0.3 is 9.88 Å². The molecule has 0 saturated heterocycles. The number of halogens is 1. The lowest BCUT2D eigenvalue weighted by Gasteiger charge is -2.11. The van der Waals surface area contributed by atoms with Gasteiger partial charge in [0.25, 0.3) is 0 Å². The quantitative estimate of drug-likeness (QED) is 0.697. The molecule has 154 valence electrons. The number of rotatable bonds is 4. The van der Waals surface area contributed by atoms with Crippen LogP contribution in [0.5, 0.6) is 0 Å². The Bertz CT molecular complexity index is 1100. The van der Waals surface area contributed by atoms with Gasteiger partial charge in [0.2, 0.25) is 5.91 Å². The van der Waals surface area contributed by atoms with Crippen LogP contribution in [-0.4, -0.2) is 20.7 Å². The molecule has 0 spiro atoms. The largest absolute Gasteiger partial charge is 0.326 e. The normalized spacial score (nSPS) is 15.4. The fourth-order valence-corrected chi connectivity index (χ4v) is 4.58. The zero-order chi connectivity index (χ0) is 20.5. The van der Waals surface area contributed by atoms with E-state index in [9.17, 15) is 9.18 Å². The third-order valence-electron chi connectivity index (χ3n) is 6.13. The minimum Gasteiger partial charge on any atom is -0.326 e. The Hall–Kier alpha value is -3.02. The molecule has 5 nitrogen and oxygen atoms in total. The third kappa shape index (κ3) is 3.74. The number of carbonyl (C=O) groups is 1. The maximum Gasteiger partial charge on any atom is 0.228 e. The van der Waals surface area contributed by atoms with Gasteiger partial charge in [-0.25, -0.2) is 4.39 Å². The summed E-state index contributed by atoms with van der Waals surface area (Å²) in [5.74, 6) is 0.990. The van der Waals surface area contributed by atoms with Gasteiger partial charge in [0.1, 0.15) is 11.6 Å². The van der Waals surface area contributed by atoms with E-state index in [1.807, 2.05) is 10.6 Å². The zero-order valence-corrected chi connectivity index (χ0v) is 17.0. The minimum atomic E-state index is -0.355. The average molecular weight is 404 g/mol. The first-order valence-electron chi connectivity index (χ1n) is 10.8. The molecule has 0 bridgehead atoms. The van der Waals surface area contributed by atoms with Gasteiger partial charge >= 0.3 is 0 Å². The summed E-state index contributed by atoms with van der Waals surface area (Å²) in [5, 5.41) is 11.4. The average Bonchev–Trinajstić information content (AvgIpc) is 3.29. The second-order valence-corrected chi connectivity index (χ2v) is 8.28. The van der Waals surface area contributed by atoms with E-state index in [0.29, 0.717) is 23.5 Å². The molecule has 2 aliphatic rings. The molecule has 0 saturated carbocycles. The van der Waals surface area contributed by atoms with E-state index in [2.05, 4.69) is 27.6 Å². The summed E-state index contributed by atoms with van der Waals surface area (Å²) in [6.45, 7) is 0.798. The molecule has 1 amide bonds. The molecule has 1 N–H and O–H groups in total. The van der Waals surface area contributed by atoms with Gasteiger partial charge in [0, 0.05) is 18.7 Å². The van der Waals surface area contributed by atoms with Crippen molar-refractivity contribution in [2.75, 3.05) is 5.32 Å². The van der Waals surface area contributed by atoms with Crippen molar-refractivity contribution < 1.29 is 9.18 Å². The number of carbonyl (C=O) groups excluding carboxylic acids is 1. The highest BCUT2D eigenvalue weighted by Crippen LogP contribution is 2.28. The fraction of sp³-hybridized carbons (Fsp3) is 0.375. The van der Waals surface area contributed by atoms with Crippen molar-refractivity contribution in [2.24, 2.45) is 0 Å². The van der Waals surface area contributed by atoms with Gasteiger partial charge in [0.15, 0.2) is 5.82 Å². The van der Waals surface area contributed by atoms with E-state index in [0.717, 1.165) is 56.5 Å². The molecular formula is C24H25FN4O. The second-order valence-electron chi connectivity index (χ2n) is 8.28. The predicted octanol–water partition coefficient (Wildman–Crippen LogP) is 4.48. The van der Waals surface area contributed by atoms with Gasteiger partial charge in [-0.05, 0) is 67.0 Å². The Labute approximate surface area is 175 Å². The molecular weight excluding hydrogens is 379 g/mol. The van der Waals surface area contributed by atoms with Crippen LogP contribution in [0.25, 0.3) is 11.4 Å². The van der Waals surface area contributed by atoms with E-state index in [1.54, 1.807) is 12.1 Å². The summed E-state index contributed by atoms with van der Waals surface area (Å²) in [5.41, 5.74) is 4.72. The lowest BCUT2D eigenvalue weighted by Crippen LogP contribution is -2.15. The van der Waals surface area contributed by atoms with Crippen molar-refractivity contribution in [3.8, 4) is 11.4 Å². The maximum absolute atomic E-state index is 14.6. The van der Waals surface area contributed by atoms with Crippen molar-refractivity contribution in [1.29, 1.82) is 0 Å². The van der Waals surface area contributed by atoms with Crippen LogP contribution in [0.2, 0.25) is 0 Å². The molecule has 0 atom stereocenters. The summed E-state index contributed by atoms with van der Waals surface area (Å²) in [7, 11) is 0. The number of hydrogen-bond donors (Lipinski definition) is 1. The van der Waals surface area contributed by atoms with Crippen LogP contribution in [0.1, 0.15) is 48.2 Å². The number of anilines is 1. The Kier molecular flexibility index (Phi) is 5.07. The smallest absolute Gasteiger partial charge is 0.228 e. The standard InChI is InChI=1S/C24H25FN4O/c25-21-11-10-19(15-20(21)24-28-27-22-7-2-1-3-12-29(22)24)26-23(30)14-16-8-9-17-5-4-6-18(17)13-16/h8-11,13,15H,1-7,12,14H2,(H,26,30). The molecule has 3 aromatic rings. The van der Waals surface area contributed by atoms with Gasteiger partial charge in [-0.3, -0.25) is 4.79 Å². The molecule has 6 heteroatoms. The van der Waals surface area contributed by atoms with Gasteiger partial charge in [-0.2, -0.15) is 0 Å². The molecule has 30 heavy (non-hydrogen) atoms. The second kappa shape index (κ2) is 8.01. The van der Waals surface area contributed by atoms with E-state index in [4.69, 9.17) is 0 Å². The van der Waals surface area contributed by atoms with Crippen LogP contribution < -0.4 is 5.32 Å². The highest BCUT2D eigenvalue weighted by Gasteiger charge is 2.19. The van der Waals surface area contributed by atoms with E-state index < -0.39 is 0 Å². The summed E-state index contributed by atoms with van der Waals surface area (Å²) in [6, 6.07) is 11.0. The molecule has 5 rings (SSSR count). The summed E-state index contributed by atoms with van der Waals surface area (Å²) in [6.07, 6.45) is 7.85. The number of hydrogen-bond acceptors (Lipinski definition) is 3. The van der Waals surface area contributed by atoms with E-state index in [-0.39, 0.29) is 11.7 Å². The monoisotopic (exact) mass is 404 g/mol. The van der Waals surface area contributed by atoms with Crippen LogP contribution >= 0.6 is 0 Å². The molecule has 1 aromatic heterocycles. The molecule has 2 aromatic carbocycles. The number of amides is 1. The first-order valence-corrected chi connectivity index (χ1v) is 10.8. The van der Waals surface area contributed by atoms with Crippen molar-refractivity contribution in [3.05, 3.63) is 64.7 Å². The minimum absolute atomic E-state index is 0.106. The number of aryl methyl sites for hydroxylation is 3. The lowest BCUT2D eigenvalue weighted by atomic mass is 10.0. The number of nitrogens with zero attached hydrogens (tertiary/aromatic N) is 3. The SMILES string of the molecule is O=C(Cc1ccc2c(c1)CCC2)Nc1ccc(F)c(-c2nnc3n2CCCCC3)c1. The number of fused-ring (bicyclic) bond motifs is 2. The number of nitrogens with one attached hydrogen (secondary N) is 1. The van der Waals surface area contributed by atoms with Gasteiger partial charge in [0.05, 0.1) is 12.0 Å². The van der Waals surface area contributed by atoms with Crippen molar-refractivity contribution in [2.45, 2.75) is 57.9 Å². The Morgan fingerprint density at radius 3 is 2.80 bits per heavy atom. The van der Waals surface area contributed by atoms with Crippen molar-refractivity contribution in [3.63, 3.8) is 0 Å². The fourth-order valence-electron chi connectivity index (χ4n) is 4.58. The molecule has 0 fully saturated rings. The molecule has 0 radical (unpaired) electrons. The summed E-state index contributed by atoms with van der Waals surface area (Å²) >= 11 is 0. The predicted molar refractivity (Wildman–Crippen MR) is 114 cm³/mol. The molecule has 0 unspecified atom stereocenters.